The fraction of sp³-hybridized carbons (Fsp3) is 0.240. The van der Waals surface area contributed by atoms with Crippen LogP contribution in [0.3, 0.4) is 0 Å². The van der Waals surface area contributed by atoms with Gasteiger partial charge in [0.05, 0.1) is 23.8 Å². The van der Waals surface area contributed by atoms with Gasteiger partial charge in [0.2, 0.25) is 11.9 Å². The van der Waals surface area contributed by atoms with E-state index in [1.807, 2.05) is 38.1 Å². The van der Waals surface area contributed by atoms with Crippen LogP contribution in [0.15, 0.2) is 55.1 Å². The van der Waals surface area contributed by atoms with E-state index in [-0.39, 0.29) is 5.69 Å². The molecule has 0 saturated heterocycles. The lowest BCUT2D eigenvalue weighted by Gasteiger charge is -2.26. The smallest absolute Gasteiger partial charge is 0.223 e. The maximum Gasteiger partial charge on any atom is 0.223 e. The normalized spacial score (nSPS) is 11.8. The second-order valence-corrected chi connectivity index (χ2v) is 10.0. The molecule has 0 aliphatic carbocycles. The van der Waals surface area contributed by atoms with Crippen LogP contribution in [0.4, 0.5) is 14.7 Å². The van der Waals surface area contributed by atoms with Crippen molar-refractivity contribution in [1.82, 2.24) is 29.9 Å². The van der Waals surface area contributed by atoms with Gasteiger partial charge >= 0.3 is 0 Å². The molecule has 36 heavy (non-hydrogen) atoms. The molecule has 3 N–H and O–H groups in total. The van der Waals surface area contributed by atoms with Crippen molar-refractivity contribution < 1.29 is 8.78 Å². The third-order valence-corrected chi connectivity index (χ3v) is 7.21. The molecule has 4 aromatic heterocycles. The molecule has 0 radical (unpaired) electrons. The predicted octanol–water partition coefficient (Wildman–Crippen LogP) is 4.64. The second-order valence-electron chi connectivity index (χ2n) is 8.96. The maximum absolute atomic E-state index is 14.8. The summed E-state index contributed by atoms with van der Waals surface area (Å²) >= 11 is 1.39. The van der Waals surface area contributed by atoms with Crippen LogP contribution in [0.25, 0.3) is 31.8 Å². The summed E-state index contributed by atoms with van der Waals surface area (Å²) < 4.78 is 31.7. The Balaban J connectivity index is 1.53. The second kappa shape index (κ2) is 9.67. The number of anilines is 1. The number of pyridine rings is 1. The van der Waals surface area contributed by atoms with E-state index >= 15 is 0 Å². The van der Waals surface area contributed by atoms with Crippen LogP contribution in [-0.2, 0) is 12.0 Å². The number of benzene rings is 1. The van der Waals surface area contributed by atoms with Gasteiger partial charge in [-0.2, -0.15) is 4.39 Å². The van der Waals surface area contributed by atoms with E-state index in [4.69, 9.17) is 5.73 Å². The third kappa shape index (κ3) is 4.67. The maximum atomic E-state index is 14.8. The van der Waals surface area contributed by atoms with E-state index in [9.17, 15) is 8.78 Å². The van der Waals surface area contributed by atoms with E-state index < -0.39 is 17.2 Å². The number of nitrogens with one attached hydrogen (secondary N) is 1. The Labute approximate surface area is 210 Å². The van der Waals surface area contributed by atoms with Crippen molar-refractivity contribution in [2.24, 2.45) is 5.73 Å². The zero-order valence-corrected chi connectivity index (χ0v) is 20.6. The minimum atomic E-state index is -0.571. The molecule has 4 heterocycles. The molecule has 8 nitrogen and oxygen atoms in total. The number of halogens is 2. The molecule has 0 bridgehead atoms. The number of hydrogen-bond acceptors (Lipinski definition) is 8. The largest absolute Gasteiger partial charge is 0.352 e. The lowest BCUT2D eigenvalue weighted by Crippen LogP contribution is -2.29. The number of fused-ring (bicyclic) bond motifs is 1. The van der Waals surface area contributed by atoms with Gasteiger partial charge < -0.3 is 11.1 Å². The molecule has 0 unspecified atom stereocenters. The zero-order chi connectivity index (χ0) is 25.3. The van der Waals surface area contributed by atoms with Crippen molar-refractivity contribution in [3.63, 3.8) is 0 Å². The van der Waals surface area contributed by atoms with Crippen molar-refractivity contribution in [1.29, 1.82) is 0 Å². The zero-order valence-electron chi connectivity index (χ0n) is 19.7. The summed E-state index contributed by atoms with van der Waals surface area (Å²) in [7, 11) is 0. The van der Waals surface area contributed by atoms with E-state index in [1.165, 1.54) is 17.4 Å². The minimum absolute atomic E-state index is 0.198. The summed E-state index contributed by atoms with van der Waals surface area (Å²) in [6.45, 7) is 5.43. The number of rotatable bonds is 8. The highest BCUT2D eigenvalue weighted by molar-refractivity contribution is 7.22. The highest BCUT2D eigenvalue weighted by Crippen LogP contribution is 2.42. The standard InChI is InChI=1S/C25H24F2N8S/c1-25(2,14-28)18-12-30-21(27)11-17(18)16-5-3-4-15-10-20(36-23(15)16)22-19(26)13-31-24(33-22)29-6-8-35-9-7-32-34-35/h3-5,7,9-13H,6,8,14,28H2,1-2H3,(H,29,31,33). The molecule has 0 aliphatic heterocycles. The highest BCUT2D eigenvalue weighted by atomic mass is 32.1. The summed E-state index contributed by atoms with van der Waals surface area (Å²) in [6, 6.07) is 9.10. The van der Waals surface area contributed by atoms with Crippen LogP contribution >= 0.6 is 11.3 Å². The van der Waals surface area contributed by atoms with Crippen molar-refractivity contribution in [3.05, 3.63) is 72.4 Å². The van der Waals surface area contributed by atoms with Gasteiger partial charge in [0, 0.05) is 47.2 Å². The summed E-state index contributed by atoms with van der Waals surface area (Å²) in [5.74, 6) is -0.781. The topological polar surface area (TPSA) is 107 Å². The number of aromatic nitrogens is 6. The number of thiophene rings is 1. The lowest BCUT2D eigenvalue weighted by molar-refractivity contribution is 0.529. The predicted molar refractivity (Wildman–Crippen MR) is 137 cm³/mol. The lowest BCUT2D eigenvalue weighted by atomic mass is 9.81. The van der Waals surface area contributed by atoms with Gasteiger partial charge in [-0.15, -0.1) is 16.4 Å². The Kier molecular flexibility index (Phi) is 6.42. The van der Waals surface area contributed by atoms with Gasteiger partial charge in [-0.25, -0.2) is 19.3 Å². The van der Waals surface area contributed by atoms with Gasteiger partial charge in [-0.05, 0) is 22.6 Å². The molecule has 184 valence electrons. The number of nitrogens with two attached hydrogens (primary N) is 1. The van der Waals surface area contributed by atoms with Crippen molar-refractivity contribution in [2.75, 3.05) is 18.4 Å². The van der Waals surface area contributed by atoms with Gasteiger partial charge in [0.1, 0.15) is 5.69 Å². The summed E-state index contributed by atoms with van der Waals surface area (Å²) in [4.78, 5) is 13.0. The number of hydrogen-bond donors (Lipinski definition) is 2. The Morgan fingerprint density at radius 2 is 1.97 bits per heavy atom. The third-order valence-electron chi connectivity index (χ3n) is 6.02. The first kappa shape index (κ1) is 23.9. The van der Waals surface area contributed by atoms with Crippen molar-refractivity contribution in [3.8, 4) is 21.7 Å². The van der Waals surface area contributed by atoms with Gasteiger partial charge in [-0.1, -0.05) is 37.3 Å². The van der Waals surface area contributed by atoms with Crippen LogP contribution < -0.4 is 11.1 Å². The highest BCUT2D eigenvalue weighted by Gasteiger charge is 2.25. The first-order chi connectivity index (χ1) is 17.4. The quantitative estimate of drug-likeness (QED) is 0.295. The Bertz CT molecular complexity index is 1510. The molecule has 11 heteroatoms. The first-order valence-corrected chi connectivity index (χ1v) is 12.2. The average Bonchev–Trinajstić information content (AvgIpc) is 3.54. The van der Waals surface area contributed by atoms with Crippen LogP contribution in [0.2, 0.25) is 0 Å². The van der Waals surface area contributed by atoms with E-state index in [0.29, 0.717) is 30.5 Å². The van der Waals surface area contributed by atoms with Crippen LogP contribution in [0, 0.1) is 11.8 Å². The Morgan fingerprint density at radius 3 is 2.75 bits per heavy atom. The minimum Gasteiger partial charge on any atom is -0.352 e. The van der Waals surface area contributed by atoms with E-state index in [2.05, 4.69) is 30.6 Å². The Hall–Kier alpha value is -3.83. The molecule has 0 saturated carbocycles. The van der Waals surface area contributed by atoms with E-state index in [1.54, 1.807) is 23.3 Å². The van der Waals surface area contributed by atoms with Gasteiger partial charge in [0.25, 0.3) is 0 Å². The molecule has 0 fully saturated rings. The summed E-state index contributed by atoms with van der Waals surface area (Å²) in [6.07, 6.45) is 6.06. The molecule has 0 spiro atoms. The van der Waals surface area contributed by atoms with Crippen LogP contribution in [-0.4, -0.2) is 43.0 Å². The molecular formula is C25H24F2N8S. The molecule has 1 aromatic carbocycles. The fourth-order valence-corrected chi connectivity index (χ4v) is 5.13. The van der Waals surface area contributed by atoms with E-state index in [0.717, 1.165) is 33.0 Å². The fourth-order valence-electron chi connectivity index (χ4n) is 3.95. The average molecular weight is 507 g/mol. The molecule has 5 rings (SSSR count). The Morgan fingerprint density at radius 1 is 1.11 bits per heavy atom. The molecule has 0 aliphatic rings. The molecule has 0 amide bonds. The molecular weight excluding hydrogens is 482 g/mol. The monoisotopic (exact) mass is 506 g/mol. The summed E-state index contributed by atoms with van der Waals surface area (Å²) in [5.41, 5.74) is 8.21. The SMILES string of the molecule is CC(C)(CN)c1cnc(F)cc1-c1cccc2cc(-c3nc(NCCn4ccnn4)ncc3F)sc12. The van der Waals surface area contributed by atoms with Crippen LogP contribution in [0.5, 0.6) is 0 Å². The van der Waals surface area contributed by atoms with Crippen molar-refractivity contribution in [2.45, 2.75) is 25.8 Å². The van der Waals surface area contributed by atoms with Gasteiger partial charge in [-0.3, -0.25) is 4.68 Å². The first-order valence-electron chi connectivity index (χ1n) is 11.4. The molecule has 0 atom stereocenters. The summed E-state index contributed by atoms with van der Waals surface area (Å²) in [5, 5.41) is 11.7. The number of nitrogens with zero attached hydrogens (tertiary/aromatic N) is 6. The van der Waals surface area contributed by atoms with Crippen molar-refractivity contribution >= 4 is 27.4 Å². The van der Waals surface area contributed by atoms with Crippen LogP contribution in [0.1, 0.15) is 19.4 Å². The van der Waals surface area contributed by atoms with Gasteiger partial charge in [0.15, 0.2) is 5.82 Å². The molecule has 5 aromatic rings.